The molecule has 2 saturated heterocycles. The summed E-state index contributed by atoms with van der Waals surface area (Å²) in [5.41, 5.74) is 2.06. The van der Waals surface area contributed by atoms with E-state index in [1.165, 1.54) is 0 Å². The fraction of sp³-hybridized carbons (Fsp3) is 0.700. The third kappa shape index (κ3) is 2.12. The first-order valence-corrected chi connectivity index (χ1v) is 9.74. The predicted molar refractivity (Wildman–Crippen MR) is 97.5 cm³/mol. The zero-order valence-corrected chi connectivity index (χ0v) is 16.4. The summed E-state index contributed by atoms with van der Waals surface area (Å²) in [6, 6.07) is 0.0165. The molecule has 27 heavy (non-hydrogen) atoms. The lowest BCUT2D eigenvalue weighted by molar-refractivity contribution is -0.174. The molecule has 1 amide bonds. The van der Waals surface area contributed by atoms with Gasteiger partial charge in [0.25, 0.3) is 0 Å². The van der Waals surface area contributed by atoms with Gasteiger partial charge in [-0.25, -0.2) is 0 Å². The van der Waals surface area contributed by atoms with E-state index in [0.717, 1.165) is 35.5 Å². The van der Waals surface area contributed by atoms with Crippen LogP contribution in [0, 0.1) is 10.8 Å². The fourth-order valence-corrected chi connectivity index (χ4v) is 5.78. The van der Waals surface area contributed by atoms with E-state index in [9.17, 15) is 9.59 Å². The zero-order valence-electron chi connectivity index (χ0n) is 16.4. The van der Waals surface area contributed by atoms with Crippen molar-refractivity contribution in [2.75, 3.05) is 19.7 Å². The van der Waals surface area contributed by atoms with Gasteiger partial charge in [0.05, 0.1) is 31.2 Å². The first-order valence-electron chi connectivity index (χ1n) is 9.74. The van der Waals surface area contributed by atoms with Crippen molar-refractivity contribution in [2.24, 2.45) is 21.1 Å². The summed E-state index contributed by atoms with van der Waals surface area (Å²) >= 11 is 0. The number of fused-ring (bicyclic) bond motifs is 2. The summed E-state index contributed by atoms with van der Waals surface area (Å²) < 4.78 is 6.39. The standard InChI is InChI=1S/C20H26N4O3/c1-11-20(9-24(11)12(2)25)8-19(10-27-20)13-7-21-23-17(13)22-14-5-18(3,4)6-15(26)16(14)19/h11,22H,5-10H2,1-4H3/t11-,19-,20-/m0/s1. The van der Waals surface area contributed by atoms with Gasteiger partial charge in [-0.1, -0.05) is 13.8 Å². The van der Waals surface area contributed by atoms with Crippen LogP contribution < -0.4 is 5.32 Å². The molecule has 0 unspecified atom stereocenters. The van der Waals surface area contributed by atoms with E-state index < -0.39 is 5.41 Å². The third-order valence-electron chi connectivity index (χ3n) is 7.16. The van der Waals surface area contributed by atoms with E-state index in [4.69, 9.17) is 4.74 Å². The number of carbonyl (C=O) groups is 2. The van der Waals surface area contributed by atoms with Crippen molar-refractivity contribution in [3.8, 4) is 0 Å². The van der Waals surface area contributed by atoms with E-state index >= 15 is 0 Å². The number of allylic oxidation sites excluding steroid dienone is 1. The molecule has 0 bridgehead atoms. The molecule has 0 radical (unpaired) electrons. The maximum absolute atomic E-state index is 13.3. The van der Waals surface area contributed by atoms with Crippen LogP contribution in [-0.2, 0) is 14.3 Å². The Kier molecular flexibility index (Phi) is 3.21. The SMILES string of the molecule is CC(=O)N1C[C@@]2(C[C@]3(CO2)C2=C(N=NC2)NC2=C3C(=O)CC(C)(C)C2)[C@@H]1C. The molecule has 0 aromatic carbocycles. The lowest BCUT2D eigenvalue weighted by Gasteiger charge is -2.54. The molecule has 7 heteroatoms. The molecule has 0 saturated carbocycles. The number of hydrogen-bond acceptors (Lipinski definition) is 6. The van der Waals surface area contributed by atoms with Crippen molar-refractivity contribution in [1.82, 2.24) is 10.2 Å². The number of azo groups is 1. The van der Waals surface area contributed by atoms with Crippen LogP contribution in [0.15, 0.2) is 32.9 Å². The monoisotopic (exact) mass is 370 g/mol. The van der Waals surface area contributed by atoms with Crippen molar-refractivity contribution in [2.45, 2.75) is 58.6 Å². The molecule has 5 rings (SSSR count). The summed E-state index contributed by atoms with van der Waals surface area (Å²) in [6.07, 6.45) is 2.10. The maximum atomic E-state index is 13.3. The summed E-state index contributed by atoms with van der Waals surface area (Å²) in [5, 5.41) is 12.0. The van der Waals surface area contributed by atoms with E-state index in [0.29, 0.717) is 26.1 Å². The summed E-state index contributed by atoms with van der Waals surface area (Å²) in [5.74, 6) is 1.09. The van der Waals surface area contributed by atoms with Gasteiger partial charge in [-0.05, 0) is 25.2 Å². The Hall–Kier alpha value is -2.02. The molecule has 2 spiro atoms. The molecular weight excluding hydrogens is 344 g/mol. The average molecular weight is 370 g/mol. The van der Waals surface area contributed by atoms with E-state index in [1.807, 2.05) is 11.8 Å². The van der Waals surface area contributed by atoms with Gasteiger partial charge in [0.2, 0.25) is 5.91 Å². The van der Waals surface area contributed by atoms with Crippen LogP contribution in [0.3, 0.4) is 0 Å². The molecule has 2 fully saturated rings. The van der Waals surface area contributed by atoms with Gasteiger partial charge in [0.15, 0.2) is 11.6 Å². The van der Waals surface area contributed by atoms with Crippen LogP contribution in [-0.4, -0.2) is 47.9 Å². The average Bonchev–Trinajstić information content (AvgIpc) is 3.18. The molecule has 4 heterocycles. The minimum absolute atomic E-state index is 0.0165. The van der Waals surface area contributed by atoms with Gasteiger partial charge in [-0.15, -0.1) is 5.11 Å². The van der Waals surface area contributed by atoms with Crippen molar-refractivity contribution in [1.29, 1.82) is 0 Å². The quantitative estimate of drug-likeness (QED) is 0.709. The Balaban J connectivity index is 1.58. The number of Topliss-reactive ketones (excluding diaryl/α,β-unsaturated/α-hetero) is 1. The number of amides is 1. The Morgan fingerprint density at radius 1 is 1.33 bits per heavy atom. The lowest BCUT2D eigenvalue weighted by atomic mass is 9.60. The van der Waals surface area contributed by atoms with Gasteiger partial charge in [-0.2, -0.15) is 5.11 Å². The van der Waals surface area contributed by atoms with Crippen molar-refractivity contribution in [3.05, 3.63) is 22.7 Å². The smallest absolute Gasteiger partial charge is 0.219 e. The molecule has 1 N–H and O–H groups in total. The number of nitrogens with zero attached hydrogens (tertiary/aromatic N) is 3. The number of nitrogens with one attached hydrogen (secondary N) is 1. The first-order chi connectivity index (χ1) is 12.7. The van der Waals surface area contributed by atoms with Gasteiger partial charge in [0.1, 0.15) is 5.60 Å². The normalized spacial score (nSPS) is 39.0. The number of carbonyl (C=O) groups excluding carboxylic acids is 2. The highest BCUT2D eigenvalue weighted by atomic mass is 16.5. The molecule has 4 aliphatic heterocycles. The number of likely N-dealkylation sites (tertiary alicyclic amines) is 1. The minimum Gasteiger partial charge on any atom is -0.370 e. The number of ether oxygens (including phenoxy) is 1. The number of rotatable bonds is 0. The Labute approximate surface area is 158 Å². The minimum atomic E-state index is -0.454. The van der Waals surface area contributed by atoms with E-state index in [1.54, 1.807) is 6.92 Å². The summed E-state index contributed by atoms with van der Waals surface area (Å²) in [4.78, 5) is 26.9. The highest BCUT2D eigenvalue weighted by Crippen LogP contribution is 2.59. The molecule has 1 aliphatic carbocycles. The molecule has 7 nitrogen and oxygen atoms in total. The van der Waals surface area contributed by atoms with Crippen LogP contribution in [0.2, 0.25) is 0 Å². The molecule has 0 aromatic heterocycles. The summed E-state index contributed by atoms with van der Waals surface area (Å²) in [6.45, 7) is 9.49. The fourth-order valence-electron chi connectivity index (χ4n) is 5.78. The van der Waals surface area contributed by atoms with E-state index in [-0.39, 0.29) is 28.7 Å². The van der Waals surface area contributed by atoms with Gasteiger partial charge in [-0.3, -0.25) is 9.59 Å². The number of dihydropyridines is 1. The summed E-state index contributed by atoms with van der Waals surface area (Å²) in [7, 11) is 0. The van der Waals surface area contributed by atoms with Gasteiger partial charge in [0, 0.05) is 30.2 Å². The molecule has 0 aromatic rings. The Morgan fingerprint density at radius 2 is 2.11 bits per heavy atom. The lowest BCUT2D eigenvalue weighted by Crippen LogP contribution is -2.69. The third-order valence-corrected chi connectivity index (χ3v) is 7.16. The number of hydrogen-bond donors (Lipinski definition) is 1. The predicted octanol–water partition coefficient (Wildman–Crippen LogP) is 2.31. The van der Waals surface area contributed by atoms with Crippen molar-refractivity contribution in [3.63, 3.8) is 0 Å². The van der Waals surface area contributed by atoms with Crippen molar-refractivity contribution >= 4 is 11.7 Å². The van der Waals surface area contributed by atoms with Crippen LogP contribution in [0.4, 0.5) is 0 Å². The van der Waals surface area contributed by atoms with Crippen LogP contribution in [0.1, 0.15) is 47.0 Å². The second-order valence-corrected chi connectivity index (χ2v) is 9.58. The highest BCUT2D eigenvalue weighted by molar-refractivity contribution is 6.00. The van der Waals surface area contributed by atoms with Crippen LogP contribution >= 0.6 is 0 Å². The largest absolute Gasteiger partial charge is 0.370 e. The maximum Gasteiger partial charge on any atom is 0.219 e. The topological polar surface area (TPSA) is 83.4 Å². The Bertz CT molecular complexity index is 870. The van der Waals surface area contributed by atoms with Crippen molar-refractivity contribution < 1.29 is 14.3 Å². The first kappa shape index (κ1) is 17.1. The van der Waals surface area contributed by atoms with E-state index in [2.05, 4.69) is 29.4 Å². The second kappa shape index (κ2) is 5.07. The Morgan fingerprint density at radius 3 is 2.81 bits per heavy atom. The molecular formula is C20H26N4O3. The molecule has 5 aliphatic rings. The highest BCUT2D eigenvalue weighted by Gasteiger charge is 2.65. The van der Waals surface area contributed by atoms with Crippen LogP contribution in [0.5, 0.6) is 0 Å². The molecule has 3 atom stereocenters. The van der Waals surface area contributed by atoms with Gasteiger partial charge >= 0.3 is 0 Å². The number of ketones is 1. The second-order valence-electron chi connectivity index (χ2n) is 9.58. The zero-order chi connectivity index (χ0) is 19.2. The van der Waals surface area contributed by atoms with Gasteiger partial charge < -0.3 is 15.0 Å². The molecule has 144 valence electrons. The van der Waals surface area contributed by atoms with Crippen LogP contribution in [0.25, 0.3) is 0 Å².